The van der Waals surface area contributed by atoms with Gasteiger partial charge in [-0.2, -0.15) is 0 Å². The van der Waals surface area contributed by atoms with Crippen LogP contribution in [0.1, 0.15) is 35.8 Å². The summed E-state index contributed by atoms with van der Waals surface area (Å²) in [6.07, 6.45) is 3.07. The highest BCUT2D eigenvalue weighted by atomic mass is 35.5. The minimum atomic E-state index is -0.537. The zero-order valence-electron chi connectivity index (χ0n) is 18.8. The van der Waals surface area contributed by atoms with Gasteiger partial charge >= 0.3 is 6.03 Å². The number of urea groups is 1. The molecule has 10 heteroatoms. The lowest BCUT2D eigenvalue weighted by Gasteiger charge is -2.13. The van der Waals surface area contributed by atoms with Gasteiger partial charge < -0.3 is 25.7 Å². The Bertz CT molecular complexity index is 1400. The van der Waals surface area contributed by atoms with Crippen molar-refractivity contribution in [1.29, 1.82) is 0 Å². The second kappa shape index (κ2) is 9.40. The predicted octanol–water partition coefficient (Wildman–Crippen LogP) is 5.13. The molecule has 0 aliphatic rings. The maximum atomic E-state index is 13.5. The lowest BCUT2D eigenvalue weighted by atomic mass is 10.0. The van der Waals surface area contributed by atoms with E-state index in [0.717, 1.165) is 0 Å². The molecule has 9 nitrogen and oxygen atoms in total. The fraction of sp³-hybridized carbons (Fsp3) is 0.167. The second-order valence-electron chi connectivity index (χ2n) is 7.78. The van der Waals surface area contributed by atoms with Crippen molar-refractivity contribution in [3.8, 4) is 5.75 Å². The smallest absolute Gasteiger partial charge is 0.323 e. The number of hydrogen-bond acceptors (Lipinski definition) is 6. The summed E-state index contributed by atoms with van der Waals surface area (Å²) in [4.78, 5) is 34.5. The maximum absolute atomic E-state index is 13.5. The van der Waals surface area contributed by atoms with E-state index in [9.17, 15) is 9.59 Å². The molecule has 34 heavy (non-hydrogen) atoms. The number of carbonyl (C=O) groups excluding carboxylic acids is 2. The molecule has 0 bridgehead atoms. The lowest BCUT2D eigenvalue weighted by molar-refractivity contribution is 0.104. The SMILES string of the molecule is COc1ccccc1NC(=O)Nc1cccc(C(=O)c2cn(C(C)C)c3ncnc(N)c23)c1Cl. The molecule has 0 spiro atoms. The number of methoxy groups -OCH3 is 1. The Morgan fingerprint density at radius 2 is 1.74 bits per heavy atom. The lowest BCUT2D eigenvalue weighted by Crippen LogP contribution is -2.20. The van der Waals surface area contributed by atoms with Crippen LogP contribution in [-0.2, 0) is 0 Å². The van der Waals surface area contributed by atoms with Gasteiger partial charge in [0.25, 0.3) is 0 Å². The first-order valence-electron chi connectivity index (χ1n) is 10.5. The molecule has 4 aromatic rings. The van der Waals surface area contributed by atoms with Gasteiger partial charge in [-0.05, 0) is 38.1 Å². The fourth-order valence-electron chi connectivity index (χ4n) is 3.65. The normalized spacial score (nSPS) is 11.0. The van der Waals surface area contributed by atoms with E-state index in [1.807, 2.05) is 18.4 Å². The number of nitrogens with two attached hydrogens (primary N) is 1. The Morgan fingerprint density at radius 1 is 1.03 bits per heavy atom. The van der Waals surface area contributed by atoms with Crippen LogP contribution >= 0.6 is 11.6 Å². The minimum Gasteiger partial charge on any atom is -0.495 e. The number of rotatable bonds is 6. The molecular formula is C24H23ClN6O3. The van der Waals surface area contributed by atoms with Crippen molar-refractivity contribution in [2.24, 2.45) is 0 Å². The van der Waals surface area contributed by atoms with Crippen molar-refractivity contribution in [2.75, 3.05) is 23.5 Å². The van der Waals surface area contributed by atoms with E-state index < -0.39 is 6.03 Å². The van der Waals surface area contributed by atoms with Crippen molar-refractivity contribution < 1.29 is 14.3 Å². The van der Waals surface area contributed by atoms with E-state index >= 15 is 0 Å². The number of nitrogens with zero attached hydrogens (tertiary/aromatic N) is 3. The van der Waals surface area contributed by atoms with Gasteiger partial charge in [-0.15, -0.1) is 0 Å². The summed E-state index contributed by atoms with van der Waals surface area (Å²) >= 11 is 6.56. The van der Waals surface area contributed by atoms with E-state index in [2.05, 4.69) is 20.6 Å². The Morgan fingerprint density at radius 3 is 2.47 bits per heavy atom. The highest BCUT2D eigenvalue weighted by Gasteiger charge is 2.24. The van der Waals surface area contributed by atoms with E-state index in [-0.39, 0.29) is 33.9 Å². The van der Waals surface area contributed by atoms with Gasteiger partial charge in [-0.25, -0.2) is 14.8 Å². The van der Waals surface area contributed by atoms with E-state index in [4.69, 9.17) is 22.1 Å². The number of ketones is 1. The third kappa shape index (κ3) is 4.25. The molecule has 0 aliphatic carbocycles. The third-order valence-electron chi connectivity index (χ3n) is 5.29. The van der Waals surface area contributed by atoms with Crippen LogP contribution in [0.5, 0.6) is 5.75 Å². The summed E-state index contributed by atoms with van der Waals surface area (Å²) in [6, 6.07) is 11.3. The first-order valence-corrected chi connectivity index (χ1v) is 10.8. The number of fused-ring (bicyclic) bond motifs is 1. The zero-order valence-corrected chi connectivity index (χ0v) is 19.6. The largest absolute Gasteiger partial charge is 0.495 e. The molecule has 0 saturated carbocycles. The fourth-order valence-corrected chi connectivity index (χ4v) is 3.91. The molecule has 0 atom stereocenters. The summed E-state index contributed by atoms with van der Waals surface area (Å²) in [5, 5.41) is 5.96. The van der Waals surface area contributed by atoms with Gasteiger partial charge in [-0.3, -0.25) is 4.79 Å². The first kappa shape index (κ1) is 23.1. The quantitative estimate of drug-likeness (QED) is 0.330. The third-order valence-corrected chi connectivity index (χ3v) is 5.69. The number of amides is 2. The van der Waals surface area contributed by atoms with Gasteiger partial charge in [-0.1, -0.05) is 29.8 Å². The molecule has 2 aromatic heterocycles. The monoisotopic (exact) mass is 478 g/mol. The van der Waals surface area contributed by atoms with Gasteiger partial charge in [0.1, 0.15) is 23.5 Å². The van der Waals surface area contributed by atoms with Gasteiger partial charge in [0, 0.05) is 17.8 Å². The van der Waals surface area contributed by atoms with Crippen LogP contribution < -0.4 is 21.1 Å². The predicted molar refractivity (Wildman–Crippen MR) is 133 cm³/mol. The molecular weight excluding hydrogens is 456 g/mol. The zero-order chi connectivity index (χ0) is 24.4. The van der Waals surface area contributed by atoms with Crippen LogP contribution in [0.25, 0.3) is 11.0 Å². The van der Waals surface area contributed by atoms with Crippen LogP contribution in [0.2, 0.25) is 5.02 Å². The minimum absolute atomic E-state index is 0.0421. The van der Waals surface area contributed by atoms with Gasteiger partial charge in [0.05, 0.1) is 34.5 Å². The van der Waals surface area contributed by atoms with Crippen LogP contribution in [0, 0.1) is 0 Å². The number of hydrogen-bond donors (Lipinski definition) is 3. The average molecular weight is 479 g/mol. The number of ether oxygens (including phenoxy) is 1. The molecule has 0 unspecified atom stereocenters. The molecule has 174 valence electrons. The molecule has 4 N–H and O–H groups in total. The second-order valence-corrected chi connectivity index (χ2v) is 8.15. The molecule has 0 aliphatic heterocycles. The van der Waals surface area contributed by atoms with Crippen molar-refractivity contribution in [1.82, 2.24) is 14.5 Å². The number of nitrogens with one attached hydrogen (secondary N) is 2. The van der Waals surface area contributed by atoms with Crippen molar-refractivity contribution in [3.63, 3.8) is 0 Å². The highest BCUT2D eigenvalue weighted by Crippen LogP contribution is 2.33. The summed E-state index contributed by atoms with van der Waals surface area (Å²) in [7, 11) is 1.51. The first-order chi connectivity index (χ1) is 16.3. The highest BCUT2D eigenvalue weighted by molar-refractivity contribution is 6.38. The van der Waals surface area contributed by atoms with E-state index in [0.29, 0.717) is 28.0 Å². The number of nitrogen functional groups attached to an aromatic ring is 1. The van der Waals surface area contributed by atoms with Crippen molar-refractivity contribution in [3.05, 3.63) is 71.1 Å². The summed E-state index contributed by atoms with van der Waals surface area (Å²) in [5.74, 6) is 0.355. The summed E-state index contributed by atoms with van der Waals surface area (Å²) < 4.78 is 7.11. The molecule has 2 amide bonds. The number of anilines is 3. The molecule has 0 fully saturated rings. The van der Waals surface area contributed by atoms with Crippen LogP contribution in [0.15, 0.2) is 55.0 Å². The summed E-state index contributed by atoms with van der Waals surface area (Å²) in [6.45, 7) is 3.95. The Kier molecular flexibility index (Phi) is 6.38. The van der Waals surface area contributed by atoms with Gasteiger partial charge in [0.2, 0.25) is 0 Å². The standard InChI is InChI=1S/C24H23ClN6O3/c1-13(2)31-11-15(19-22(26)27-12-28-23(19)31)21(32)14-7-6-9-17(20(14)25)30-24(33)29-16-8-4-5-10-18(16)34-3/h4-13H,1-3H3,(H2,26,27,28)(H2,29,30,33). The number of carbonyl (C=O) groups is 2. The molecule has 0 saturated heterocycles. The van der Waals surface area contributed by atoms with Crippen LogP contribution in [0.4, 0.5) is 22.0 Å². The number of para-hydroxylation sites is 2. The molecule has 0 radical (unpaired) electrons. The maximum Gasteiger partial charge on any atom is 0.323 e. The van der Waals surface area contributed by atoms with E-state index in [1.165, 1.54) is 13.4 Å². The van der Waals surface area contributed by atoms with Crippen LogP contribution in [-0.4, -0.2) is 33.5 Å². The number of benzene rings is 2. The number of aromatic nitrogens is 3. The Labute approximate surface area is 200 Å². The van der Waals surface area contributed by atoms with Crippen molar-refractivity contribution >= 4 is 51.6 Å². The van der Waals surface area contributed by atoms with Gasteiger partial charge in [0.15, 0.2) is 5.78 Å². The topological polar surface area (TPSA) is 124 Å². The van der Waals surface area contributed by atoms with E-state index in [1.54, 1.807) is 48.7 Å². The average Bonchev–Trinajstić information content (AvgIpc) is 3.22. The molecule has 2 aromatic carbocycles. The number of halogens is 1. The summed E-state index contributed by atoms with van der Waals surface area (Å²) in [5.41, 5.74) is 7.96. The molecule has 4 rings (SSSR count). The Hall–Kier alpha value is -4.11. The molecule has 2 heterocycles. The Balaban J connectivity index is 1.66. The van der Waals surface area contributed by atoms with Crippen molar-refractivity contribution in [2.45, 2.75) is 19.9 Å². The van der Waals surface area contributed by atoms with Crippen LogP contribution in [0.3, 0.4) is 0 Å².